The smallest absolute Gasteiger partial charge is 0.320 e. The first-order valence-corrected chi connectivity index (χ1v) is 12.2. The third-order valence-corrected chi connectivity index (χ3v) is 7.29. The van der Waals surface area contributed by atoms with Crippen LogP contribution in [0.1, 0.15) is 43.7 Å². The summed E-state index contributed by atoms with van der Waals surface area (Å²) in [5, 5.41) is 11.2. The molecule has 2 saturated heterocycles. The molecule has 1 unspecified atom stereocenters. The number of hydrogen-bond donors (Lipinski definition) is 0. The van der Waals surface area contributed by atoms with Crippen LogP contribution in [-0.4, -0.2) is 84.2 Å². The zero-order chi connectivity index (χ0) is 22.5. The molecule has 8 heteroatoms. The Morgan fingerprint density at radius 2 is 1.84 bits per heavy atom. The lowest BCUT2D eigenvalue weighted by molar-refractivity contribution is -0.384. The number of hydrogen-bond acceptors (Lipinski definition) is 5. The fraction of sp³-hybridized carbons (Fsp3) is 0.708. The lowest BCUT2D eigenvalue weighted by atomic mass is 9.86. The maximum Gasteiger partial charge on any atom is 0.320 e. The average molecular weight is 445 g/mol. The van der Waals surface area contributed by atoms with Gasteiger partial charge in [-0.25, -0.2) is 4.79 Å². The van der Waals surface area contributed by atoms with Crippen LogP contribution in [0.5, 0.6) is 0 Å². The van der Waals surface area contributed by atoms with Gasteiger partial charge in [0, 0.05) is 50.9 Å². The van der Waals surface area contributed by atoms with E-state index in [0.717, 1.165) is 70.3 Å². The predicted octanol–water partition coefficient (Wildman–Crippen LogP) is 3.33. The maximum absolute atomic E-state index is 12.8. The largest absolute Gasteiger partial charge is 0.378 e. The summed E-state index contributed by atoms with van der Waals surface area (Å²) in [4.78, 5) is 30.2. The van der Waals surface area contributed by atoms with Gasteiger partial charge in [0.15, 0.2) is 0 Å². The van der Waals surface area contributed by atoms with Crippen molar-refractivity contribution in [1.82, 2.24) is 14.7 Å². The Morgan fingerprint density at radius 3 is 2.53 bits per heavy atom. The van der Waals surface area contributed by atoms with E-state index in [1.54, 1.807) is 12.1 Å². The van der Waals surface area contributed by atoms with E-state index >= 15 is 0 Å². The third-order valence-electron chi connectivity index (χ3n) is 7.29. The number of nitrogens with zero attached hydrogens (tertiary/aromatic N) is 4. The number of non-ortho nitro benzene ring substituents is 1. The average Bonchev–Trinajstić information content (AvgIpc) is 2.83. The highest BCUT2D eigenvalue weighted by Crippen LogP contribution is 2.29. The summed E-state index contributed by atoms with van der Waals surface area (Å²) in [6, 6.07) is 5.96. The van der Waals surface area contributed by atoms with Crippen molar-refractivity contribution in [3.8, 4) is 0 Å². The van der Waals surface area contributed by atoms with E-state index in [2.05, 4.69) is 11.8 Å². The van der Waals surface area contributed by atoms with Gasteiger partial charge in [-0.3, -0.25) is 15.0 Å². The van der Waals surface area contributed by atoms with Gasteiger partial charge in [-0.2, -0.15) is 0 Å². The molecule has 1 atom stereocenters. The molecular formula is C24H36N4O4. The van der Waals surface area contributed by atoms with Crippen molar-refractivity contribution in [2.24, 2.45) is 5.92 Å². The van der Waals surface area contributed by atoms with Gasteiger partial charge >= 0.3 is 6.03 Å². The Balaban J connectivity index is 1.33. The SMILES string of the molecule is CCCN(CC1CCN(C(=O)N2CCOCC2)CC1)C1CCc2ccc([N+](=O)[O-])cc2C1. The van der Waals surface area contributed by atoms with Crippen LogP contribution in [0.3, 0.4) is 0 Å². The summed E-state index contributed by atoms with van der Waals surface area (Å²) in [5.41, 5.74) is 2.60. The lowest BCUT2D eigenvalue weighted by Crippen LogP contribution is -2.51. The monoisotopic (exact) mass is 444 g/mol. The Bertz CT molecular complexity index is 803. The number of nitro groups is 1. The molecule has 1 aromatic carbocycles. The molecule has 3 aliphatic rings. The number of carbonyl (C=O) groups is 1. The highest BCUT2D eigenvalue weighted by atomic mass is 16.6. The Kier molecular flexibility index (Phi) is 7.63. The maximum atomic E-state index is 12.8. The summed E-state index contributed by atoms with van der Waals surface area (Å²) < 4.78 is 5.37. The van der Waals surface area contributed by atoms with Gasteiger partial charge in [-0.1, -0.05) is 13.0 Å². The second kappa shape index (κ2) is 10.6. The van der Waals surface area contributed by atoms with Crippen LogP contribution < -0.4 is 0 Å². The number of amides is 2. The van der Waals surface area contributed by atoms with Crippen LogP contribution in [-0.2, 0) is 17.6 Å². The van der Waals surface area contributed by atoms with Gasteiger partial charge in [0.1, 0.15) is 0 Å². The molecule has 0 bridgehead atoms. The number of carbonyl (C=O) groups excluding carboxylic acids is 1. The zero-order valence-electron chi connectivity index (χ0n) is 19.2. The zero-order valence-corrected chi connectivity index (χ0v) is 19.2. The second-order valence-corrected chi connectivity index (χ2v) is 9.41. The minimum atomic E-state index is -0.292. The van der Waals surface area contributed by atoms with Gasteiger partial charge in [0.05, 0.1) is 18.1 Å². The number of nitro benzene ring substituents is 1. The summed E-state index contributed by atoms with van der Waals surface area (Å²) in [7, 11) is 0. The quantitative estimate of drug-likeness (QED) is 0.497. The molecule has 4 rings (SSSR count). The van der Waals surface area contributed by atoms with Crippen LogP contribution in [0, 0.1) is 16.0 Å². The van der Waals surface area contributed by atoms with Crippen molar-refractivity contribution in [1.29, 1.82) is 0 Å². The lowest BCUT2D eigenvalue weighted by Gasteiger charge is -2.41. The van der Waals surface area contributed by atoms with Gasteiger partial charge in [-0.15, -0.1) is 0 Å². The van der Waals surface area contributed by atoms with E-state index in [9.17, 15) is 14.9 Å². The molecule has 0 spiro atoms. The van der Waals surface area contributed by atoms with Crippen LogP contribution in [0.4, 0.5) is 10.5 Å². The van der Waals surface area contributed by atoms with Crippen LogP contribution in [0.15, 0.2) is 18.2 Å². The molecule has 176 valence electrons. The molecule has 0 N–H and O–H groups in total. The normalized spacial score (nSPS) is 22.1. The molecule has 2 aliphatic heterocycles. The molecule has 2 amide bonds. The standard InChI is InChI=1S/C24H36N4O4/c1-2-9-27(22-5-3-20-4-6-23(28(30)31)17-21(20)16-22)18-19-7-10-25(11-8-19)24(29)26-12-14-32-15-13-26/h4,6,17,19,22H,2-3,5,7-16,18H2,1H3. The van der Waals surface area contributed by atoms with E-state index in [1.807, 2.05) is 15.9 Å². The minimum absolute atomic E-state index is 0.169. The Morgan fingerprint density at radius 1 is 1.12 bits per heavy atom. The molecule has 0 saturated carbocycles. The van der Waals surface area contributed by atoms with Crippen molar-refractivity contribution in [3.05, 3.63) is 39.4 Å². The molecule has 2 heterocycles. The topological polar surface area (TPSA) is 79.2 Å². The summed E-state index contributed by atoms with van der Waals surface area (Å²) in [5.74, 6) is 0.599. The first-order valence-electron chi connectivity index (χ1n) is 12.2. The molecule has 32 heavy (non-hydrogen) atoms. The number of urea groups is 1. The Hall–Kier alpha value is -2.19. The van der Waals surface area contributed by atoms with E-state index in [1.165, 1.54) is 5.56 Å². The molecular weight excluding hydrogens is 408 g/mol. The number of morpholine rings is 1. The van der Waals surface area contributed by atoms with Crippen LogP contribution in [0.25, 0.3) is 0 Å². The van der Waals surface area contributed by atoms with Crippen molar-refractivity contribution in [2.45, 2.75) is 51.5 Å². The molecule has 2 fully saturated rings. The highest BCUT2D eigenvalue weighted by molar-refractivity contribution is 5.74. The van der Waals surface area contributed by atoms with Crippen molar-refractivity contribution in [2.75, 3.05) is 52.5 Å². The van der Waals surface area contributed by atoms with E-state index in [0.29, 0.717) is 38.3 Å². The number of benzene rings is 1. The van der Waals surface area contributed by atoms with Gasteiger partial charge < -0.3 is 14.5 Å². The Labute approximate surface area is 190 Å². The van der Waals surface area contributed by atoms with Crippen LogP contribution >= 0.6 is 0 Å². The predicted molar refractivity (Wildman–Crippen MR) is 123 cm³/mol. The van der Waals surface area contributed by atoms with Crippen molar-refractivity contribution in [3.63, 3.8) is 0 Å². The number of ether oxygens (including phenoxy) is 1. The number of rotatable bonds is 6. The van der Waals surface area contributed by atoms with Crippen LogP contribution in [0.2, 0.25) is 0 Å². The summed E-state index contributed by atoms with van der Waals surface area (Å²) in [6.45, 7) is 8.68. The third kappa shape index (κ3) is 5.41. The van der Waals surface area contributed by atoms with E-state index in [4.69, 9.17) is 4.74 Å². The van der Waals surface area contributed by atoms with E-state index < -0.39 is 0 Å². The van der Waals surface area contributed by atoms with Crippen molar-refractivity contribution >= 4 is 11.7 Å². The van der Waals surface area contributed by atoms with Crippen molar-refractivity contribution < 1.29 is 14.5 Å². The molecule has 1 aliphatic carbocycles. The first-order chi connectivity index (χ1) is 15.5. The van der Waals surface area contributed by atoms with Gasteiger partial charge in [-0.05, 0) is 62.1 Å². The number of fused-ring (bicyclic) bond motifs is 1. The summed E-state index contributed by atoms with van der Waals surface area (Å²) >= 11 is 0. The van der Waals surface area contributed by atoms with E-state index in [-0.39, 0.29) is 16.6 Å². The fourth-order valence-corrected chi connectivity index (χ4v) is 5.45. The first kappa shape index (κ1) is 23.0. The fourth-order valence-electron chi connectivity index (χ4n) is 5.45. The molecule has 0 radical (unpaired) electrons. The minimum Gasteiger partial charge on any atom is -0.378 e. The number of aryl methyl sites for hydroxylation is 1. The summed E-state index contributed by atoms with van der Waals surface area (Å²) in [6.07, 6.45) is 6.19. The molecule has 8 nitrogen and oxygen atoms in total. The van der Waals surface area contributed by atoms with Gasteiger partial charge in [0.25, 0.3) is 5.69 Å². The van der Waals surface area contributed by atoms with Gasteiger partial charge in [0.2, 0.25) is 0 Å². The molecule has 1 aromatic rings. The second-order valence-electron chi connectivity index (χ2n) is 9.41. The highest BCUT2D eigenvalue weighted by Gasteiger charge is 2.31. The number of piperidine rings is 1. The molecule has 0 aromatic heterocycles. The number of likely N-dealkylation sites (tertiary alicyclic amines) is 1.